The van der Waals surface area contributed by atoms with Crippen LogP contribution in [0.5, 0.6) is 0 Å². The topological polar surface area (TPSA) is 48.0 Å². The molecule has 1 unspecified atom stereocenters. The molecule has 1 aliphatic heterocycles. The fourth-order valence-electron chi connectivity index (χ4n) is 3.46. The van der Waals surface area contributed by atoms with E-state index < -0.39 is 36.7 Å². The van der Waals surface area contributed by atoms with Gasteiger partial charge in [0.2, 0.25) is 6.36 Å². The van der Waals surface area contributed by atoms with Crippen molar-refractivity contribution in [3.05, 3.63) is 71.8 Å². The molecule has 3 rings (SSSR count). The highest BCUT2D eigenvalue weighted by Crippen LogP contribution is 2.30. The molecule has 5 nitrogen and oxygen atoms in total. The Labute approximate surface area is 165 Å². The summed E-state index contributed by atoms with van der Waals surface area (Å²) in [6, 6.07) is 17.8. The van der Waals surface area contributed by atoms with Gasteiger partial charge >= 0.3 is 5.97 Å². The Bertz CT molecular complexity index is 756. The van der Waals surface area contributed by atoms with Gasteiger partial charge in [-0.2, -0.15) is 0 Å². The van der Waals surface area contributed by atoms with E-state index in [1.165, 1.54) is 0 Å². The summed E-state index contributed by atoms with van der Waals surface area (Å²) < 4.78 is 31.8. The first-order valence-corrected chi connectivity index (χ1v) is 9.35. The zero-order valence-electron chi connectivity index (χ0n) is 16.3. The first kappa shape index (κ1) is 20.5. The van der Waals surface area contributed by atoms with Crippen LogP contribution in [0.2, 0.25) is 0 Å². The van der Waals surface area contributed by atoms with Gasteiger partial charge in [0.15, 0.2) is 6.10 Å². The Morgan fingerprint density at radius 1 is 1.04 bits per heavy atom. The molecule has 1 fully saturated rings. The highest BCUT2D eigenvalue weighted by molar-refractivity contribution is 5.89. The van der Waals surface area contributed by atoms with Crippen molar-refractivity contribution in [2.45, 2.75) is 44.2 Å². The molecule has 6 heteroatoms. The molecule has 1 aliphatic rings. The molecule has 0 aromatic heterocycles. The smallest absolute Gasteiger partial charge is 0.338 e. The zero-order chi connectivity index (χ0) is 20.1. The summed E-state index contributed by atoms with van der Waals surface area (Å²) in [6.45, 7) is 2.13. The number of carbonyl (C=O) groups excluding carboxylic acids is 1. The Morgan fingerprint density at radius 3 is 2.25 bits per heavy atom. The molecule has 0 aliphatic carbocycles. The first-order chi connectivity index (χ1) is 13.5. The third-order valence-electron chi connectivity index (χ3n) is 4.87. The van der Waals surface area contributed by atoms with Gasteiger partial charge in [0.1, 0.15) is 6.10 Å². The number of halogens is 1. The largest absolute Gasteiger partial charge is 0.451 e. The summed E-state index contributed by atoms with van der Waals surface area (Å²) in [5, 5.41) is 0. The normalized spacial score (nSPS) is 27.5. The summed E-state index contributed by atoms with van der Waals surface area (Å²) in [4.78, 5) is 14.3. The van der Waals surface area contributed by atoms with E-state index in [9.17, 15) is 9.18 Å². The van der Waals surface area contributed by atoms with E-state index in [4.69, 9.17) is 14.2 Å². The Kier molecular flexibility index (Phi) is 6.78. The fraction of sp³-hybridized carbons (Fsp3) is 0.409. The second-order valence-electron chi connectivity index (χ2n) is 7.14. The average Bonchev–Trinajstić information content (AvgIpc) is 2.70. The second-order valence-corrected chi connectivity index (χ2v) is 7.14. The van der Waals surface area contributed by atoms with E-state index in [0.29, 0.717) is 12.2 Å². The quantitative estimate of drug-likeness (QED) is 0.711. The molecule has 1 saturated heterocycles. The van der Waals surface area contributed by atoms with E-state index in [0.717, 1.165) is 5.56 Å². The predicted octanol–water partition coefficient (Wildman–Crippen LogP) is 3.44. The highest BCUT2D eigenvalue weighted by Gasteiger charge is 2.48. The number of hydrogen-bond acceptors (Lipinski definition) is 5. The molecule has 2 aromatic carbocycles. The fourth-order valence-corrected chi connectivity index (χ4v) is 3.46. The number of benzene rings is 2. The molecule has 0 saturated carbocycles. The van der Waals surface area contributed by atoms with Crippen molar-refractivity contribution in [3.8, 4) is 0 Å². The van der Waals surface area contributed by atoms with Crippen molar-refractivity contribution in [1.29, 1.82) is 0 Å². The lowest BCUT2D eigenvalue weighted by atomic mass is 9.95. The van der Waals surface area contributed by atoms with Crippen molar-refractivity contribution >= 4 is 5.97 Å². The lowest BCUT2D eigenvalue weighted by molar-refractivity contribution is -0.247. The zero-order valence-corrected chi connectivity index (χ0v) is 16.3. The van der Waals surface area contributed by atoms with Crippen molar-refractivity contribution < 1.29 is 23.4 Å². The van der Waals surface area contributed by atoms with Crippen LogP contribution in [0, 0.1) is 0 Å². The molecule has 0 radical (unpaired) electrons. The average molecular weight is 387 g/mol. The van der Waals surface area contributed by atoms with Crippen molar-refractivity contribution in [2.75, 3.05) is 14.1 Å². The van der Waals surface area contributed by atoms with Gasteiger partial charge in [0.05, 0.1) is 24.3 Å². The van der Waals surface area contributed by atoms with Crippen molar-refractivity contribution in [3.63, 3.8) is 0 Å². The van der Waals surface area contributed by atoms with Gasteiger partial charge in [-0.05, 0) is 38.7 Å². The SMILES string of the molecule is C[C@H]1OC(F)[C@H](OC(=O)c2ccccc2)[C@@H](N(C)C)[C@@H]1OCc1ccccc1. The maximum Gasteiger partial charge on any atom is 0.338 e. The summed E-state index contributed by atoms with van der Waals surface area (Å²) in [5.41, 5.74) is 1.37. The molecule has 28 heavy (non-hydrogen) atoms. The maximum absolute atomic E-state index is 14.7. The Balaban J connectivity index is 1.77. The minimum atomic E-state index is -1.73. The molecule has 5 atom stereocenters. The van der Waals surface area contributed by atoms with Crippen molar-refractivity contribution in [2.24, 2.45) is 0 Å². The number of esters is 1. The Hall–Kier alpha value is -2.28. The molecular weight excluding hydrogens is 361 g/mol. The van der Waals surface area contributed by atoms with E-state index in [1.807, 2.05) is 49.3 Å². The molecule has 2 aromatic rings. The summed E-state index contributed by atoms with van der Waals surface area (Å²) in [7, 11) is 3.63. The van der Waals surface area contributed by atoms with Gasteiger partial charge in [-0.25, -0.2) is 9.18 Å². The predicted molar refractivity (Wildman–Crippen MR) is 104 cm³/mol. The van der Waals surface area contributed by atoms with E-state index in [-0.39, 0.29) is 0 Å². The Morgan fingerprint density at radius 2 is 1.64 bits per heavy atom. The van der Waals surface area contributed by atoms with Crippen LogP contribution < -0.4 is 0 Å². The number of carbonyl (C=O) groups is 1. The number of alkyl halides is 1. The van der Waals surface area contributed by atoms with Crippen LogP contribution in [-0.2, 0) is 20.8 Å². The second kappa shape index (κ2) is 9.28. The highest BCUT2D eigenvalue weighted by atomic mass is 19.1. The van der Waals surface area contributed by atoms with Crippen LogP contribution in [0.1, 0.15) is 22.8 Å². The lowest BCUT2D eigenvalue weighted by Crippen LogP contribution is -2.62. The third kappa shape index (κ3) is 4.76. The number of nitrogens with zero attached hydrogens (tertiary/aromatic N) is 1. The number of likely N-dealkylation sites (N-methyl/N-ethyl adjacent to an activating group) is 1. The van der Waals surface area contributed by atoms with E-state index in [1.54, 1.807) is 37.3 Å². The van der Waals surface area contributed by atoms with Crippen LogP contribution in [0.3, 0.4) is 0 Å². The van der Waals surface area contributed by atoms with Crippen LogP contribution in [0.4, 0.5) is 4.39 Å². The summed E-state index contributed by atoms with van der Waals surface area (Å²) in [6.07, 6.45) is -3.78. The van der Waals surface area contributed by atoms with Gasteiger partial charge in [0, 0.05) is 0 Å². The van der Waals surface area contributed by atoms with Gasteiger partial charge in [-0.1, -0.05) is 48.5 Å². The number of rotatable bonds is 6. The van der Waals surface area contributed by atoms with Gasteiger partial charge in [0.25, 0.3) is 0 Å². The first-order valence-electron chi connectivity index (χ1n) is 9.35. The monoisotopic (exact) mass is 387 g/mol. The molecule has 0 N–H and O–H groups in total. The van der Waals surface area contributed by atoms with Gasteiger partial charge in [-0.15, -0.1) is 0 Å². The molecule has 150 valence electrons. The van der Waals surface area contributed by atoms with Crippen LogP contribution in [0.25, 0.3) is 0 Å². The lowest BCUT2D eigenvalue weighted by Gasteiger charge is -2.45. The minimum Gasteiger partial charge on any atom is -0.451 e. The molecular formula is C22H26FNO4. The molecule has 0 spiro atoms. The molecule has 0 amide bonds. The van der Waals surface area contributed by atoms with Crippen LogP contribution in [-0.4, -0.2) is 55.7 Å². The van der Waals surface area contributed by atoms with Gasteiger partial charge in [-0.3, -0.25) is 0 Å². The van der Waals surface area contributed by atoms with Crippen molar-refractivity contribution in [1.82, 2.24) is 4.90 Å². The van der Waals surface area contributed by atoms with Crippen LogP contribution in [0.15, 0.2) is 60.7 Å². The van der Waals surface area contributed by atoms with Gasteiger partial charge < -0.3 is 19.1 Å². The third-order valence-corrected chi connectivity index (χ3v) is 4.87. The summed E-state index contributed by atoms with van der Waals surface area (Å²) in [5.74, 6) is -0.583. The van der Waals surface area contributed by atoms with E-state index >= 15 is 0 Å². The summed E-state index contributed by atoms with van der Waals surface area (Å²) >= 11 is 0. The minimum absolute atomic E-state index is 0.361. The number of ether oxygens (including phenoxy) is 3. The van der Waals surface area contributed by atoms with E-state index in [2.05, 4.69) is 0 Å². The molecule has 0 bridgehead atoms. The maximum atomic E-state index is 14.7. The van der Waals surface area contributed by atoms with Crippen LogP contribution >= 0.6 is 0 Å². The molecule has 1 heterocycles. The standard InChI is InChI=1S/C22H26FNO4/c1-15-19(26-14-16-10-6-4-7-11-16)18(24(2)3)20(21(23)27-15)28-22(25)17-12-8-5-9-13-17/h4-13,15,18-21H,14H2,1-3H3/t15-,18+,19-,20-,21?/m1/s1. The number of hydrogen-bond donors (Lipinski definition) is 0.